The van der Waals surface area contributed by atoms with Crippen molar-refractivity contribution in [3.8, 4) is 0 Å². The van der Waals surface area contributed by atoms with E-state index in [-0.39, 0.29) is 17.7 Å². The van der Waals surface area contributed by atoms with Crippen LogP contribution >= 0.6 is 11.6 Å². The van der Waals surface area contributed by atoms with Gasteiger partial charge in [-0.2, -0.15) is 0 Å². The van der Waals surface area contributed by atoms with Crippen LogP contribution in [-0.4, -0.2) is 39.9 Å². The largest absolute Gasteiger partial charge is 0.360 e. The van der Waals surface area contributed by atoms with Gasteiger partial charge < -0.3 is 19.7 Å². The summed E-state index contributed by atoms with van der Waals surface area (Å²) in [5.41, 5.74) is 1.41. The summed E-state index contributed by atoms with van der Waals surface area (Å²) in [6, 6.07) is 8.96. The zero-order valence-electron chi connectivity index (χ0n) is 14.8. The summed E-state index contributed by atoms with van der Waals surface area (Å²) in [5, 5.41) is 8.08. The van der Waals surface area contributed by atoms with Gasteiger partial charge in [0.15, 0.2) is 5.82 Å². The lowest BCUT2D eigenvalue weighted by Gasteiger charge is -2.30. The number of nitrogens with zero attached hydrogens (tertiary/aromatic N) is 2. The van der Waals surface area contributed by atoms with Crippen LogP contribution in [0.5, 0.6) is 0 Å². The minimum absolute atomic E-state index is 0.0618. The van der Waals surface area contributed by atoms with Crippen molar-refractivity contribution in [3.63, 3.8) is 0 Å². The molecule has 0 bridgehead atoms. The second kappa shape index (κ2) is 7.08. The van der Waals surface area contributed by atoms with Crippen molar-refractivity contribution < 1.29 is 14.1 Å². The topological polar surface area (TPSA) is 91.2 Å². The first-order valence-corrected chi connectivity index (χ1v) is 9.19. The first-order valence-electron chi connectivity index (χ1n) is 8.81. The van der Waals surface area contributed by atoms with Crippen LogP contribution in [0.25, 0.3) is 10.9 Å². The molecule has 1 aliphatic rings. The SMILES string of the molecule is Cc1cc(NC(=O)C2CCN(C(=O)c3cc4cc(Cl)ccc4[nH]3)CC2)no1. The molecule has 27 heavy (non-hydrogen) atoms. The molecule has 0 saturated carbocycles. The summed E-state index contributed by atoms with van der Waals surface area (Å²) in [6.07, 6.45) is 1.22. The molecule has 2 N–H and O–H groups in total. The maximum atomic E-state index is 12.8. The third-order valence-electron chi connectivity index (χ3n) is 4.85. The molecule has 140 valence electrons. The van der Waals surface area contributed by atoms with Crippen LogP contribution in [0.4, 0.5) is 5.82 Å². The number of aromatic nitrogens is 2. The van der Waals surface area contributed by atoms with E-state index in [1.165, 1.54) is 0 Å². The molecule has 2 amide bonds. The Morgan fingerprint density at radius 3 is 2.74 bits per heavy atom. The van der Waals surface area contributed by atoms with Crippen LogP contribution in [0.15, 0.2) is 34.9 Å². The molecule has 1 aliphatic heterocycles. The molecule has 1 fully saturated rings. The Hall–Kier alpha value is -2.80. The molecule has 0 unspecified atom stereocenters. The third-order valence-corrected chi connectivity index (χ3v) is 5.08. The Kier molecular flexibility index (Phi) is 4.61. The molecule has 1 aromatic carbocycles. The lowest BCUT2D eigenvalue weighted by molar-refractivity contribution is -0.121. The number of piperidine rings is 1. The summed E-state index contributed by atoms with van der Waals surface area (Å²) in [5.74, 6) is 0.773. The van der Waals surface area contributed by atoms with E-state index in [2.05, 4.69) is 15.5 Å². The van der Waals surface area contributed by atoms with E-state index in [0.29, 0.717) is 48.2 Å². The van der Waals surface area contributed by atoms with E-state index in [1.54, 1.807) is 24.0 Å². The van der Waals surface area contributed by atoms with Crippen LogP contribution < -0.4 is 5.32 Å². The van der Waals surface area contributed by atoms with E-state index in [4.69, 9.17) is 16.1 Å². The molecule has 0 spiro atoms. The molecule has 3 aromatic rings. The number of halogens is 1. The number of fused-ring (bicyclic) bond motifs is 1. The maximum absolute atomic E-state index is 12.8. The number of nitrogens with one attached hydrogen (secondary N) is 2. The molecular formula is C19H19ClN4O3. The fourth-order valence-electron chi connectivity index (χ4n) is 3.39. The summed E-state index contributed by atoms with van der Waals surface area (Å²) in [4.78, 5) is 30.0. The molecule has 3 heterocycles. The fourth-order valence-corrected chi connectivity index (χ4v) is 3.57. The summed E-state index contributed by atoms with van der Waals surface area (Å²) >= 11 is 6.00. The number of aromatic amines is 1. The minimum atomic E-state index is -0.146. The highest BCUT2D eigenvalue weighted by atomic mass is 35.5. The smallest absolute Gasteiger partial charge is 0.270 e. The van der Waals surface area contributed by atoms with Gasteiger partial charge in [0.25, 0.3) is 5.91 Å². The van der Waals surface area contributed by atoms with Gasteiger partial charge in [0.1, 0.15) is 11.5 Å². The Balaban J connectivity index is 1.37. The monoisotopic (exact) mass is 386 g/mol. The number of carbonyl (C=O) groups excluding carboxylic acids is 2. The summed E-state index contributed by atoms with van der Waals surface area (Å²) in [7, 11) is 0. The average Bonchev–Trinajstić information content (AvgIpc) is 3.26. The molecule has 4 rings (SSSR count). The predicted octanol–water partition coefficient (Wildman–Crippen LogP) is 3.61. The van der Waals surface area contributed by atoms with E-state index in [1.807, 2.05) is 18.2 Å². The predicted molar refractivity (Wildman–Crippen MR) is 102 cm³/mol. The summed E-state index contributed by atoms with van der Waals surface area (Å²) < 4.78 is 4.95. The Morgan fingerprint density at radius 1 is 1.26 bits per heavy atom. The number of likely N-dealkylation sites (tertiary alicyclic amines) is 1. The number of aryl methyl sites for hydroxylation is 1. The Morgan fingerprint density at radius 2 is 2.04 bits per heavy atom. The highest BCUT2D eigenvalue weighted by molar-refractivity contribution is 6.31. The van der Waals surface area contributed by atoms with Gasteiger partial charge in [-0.15, -0.1) is 0 Å². The number of carbonyl (C=O) groups is 2. The second-order valence-electron chi connectivity index (χ2n) is 6.79. The molecule has 7 nitrogen and oxygen atoms in total. The standard InChI is InChI=1S/C19H19ClN4O3/c1-11-8-17(23-27-11)22-18(25)12-4-6-24(7-5-12)19(26)16-10-13-9-14(20)2-3-15(13)21-16/h2-3,8-10,12,21H,4-7H2,1H3,(H,22,23,25). The molecular weight excluding hydrogens is 368 g/mol. The fraction of sp³-hybridized carbons (Fsp3) is 0.316. The molecule has 0 radical (unpaired) electrons. The van der Waals surface area contributed by atoms with Gasteiger partial charge in [-0.1, -0.05) is 16.8 Å². The van der Waals surface area contributed by atoms with Gasteiger partial charge in [-0.05, 0) is 44.0 Å². The number of H-pyrrole nitrogens is 1. The second-order valence-corrected chi connectivity index (χ2v) is 7.23. The van der Waals surface area contributed by atoms with Crippen molar-refractivity contribution >= 4 is 40.1 Å². The van der Waals surface area contributed by atoms with Gasteiger partial charge in [0.05, 0.1) is 0 Å². The normalized spacial score (nSPS) is 15.3. The van der Waals surface area contributed by atoms with E-state index in [0.717, 1.165) is 10.9 Å². The number of benzene rings is 1. The third kappa shape index (κ3) is 3.68. The first kappa shape index (κ1) is 17.6. The van der Waals surface area contributed by atoms with Gasteiger partial charge in [-0.3, -0.25) is 9.59 Å². The Labute approximate surface area is 160 Å². The van der Waals surface area contributed by atoms with Crippen molar-refractivity contribution in [2.24, 2.45) is 5.92 Å². The average molecular weight is 387 g/mol. The zero-order chi connectivity index (χ0) is 19.0. The number of anilines is 1. The van der Waals surface area contributed by atoms with Gasteiger partial charge >= 0.3 is 0 Å². The van der Waals surface area contributed by atoms with Crippen molar-refractivity contribution in [1.29, 1.82) is 0 Å². The van der Waals surface area contributed by atoms with Gasteiger partial charge in [0.2, 0.25) is 5.91 Å². The van der Waals surface area contributed by atoms with Crippen LogP contribution in [0.3, 0.4) is 0 Å². The van der Waals surface area contributed by atoms with E-state index in [9.17, 15) is 9.59 Å². The molecule has 8 heteroatoms. The lowest BCUT2D eigenvalue weighted by Crippen LogP contribution is -2.41. The maximum Gasteiger partial charge on any atom is 0.270 e. The van der Waals surface area contributed by atoms with Crippen LogP contribution in [0, 0.1) is 12.8 Å². The molecule has 0 atom stereocenters. The van der Waals surface area contributed by atoms with Crippen LogP contribution in [0.1, 0.15) is 29.1 Å². The number of hydrogen-bond donors (Lipinski definition) is 2. The first-order chi connectivity index (χ1) is 13.0. The Bertz CT molecular complexity index is 1000. The van der Waals surface area contributed by atoms with Gasteiger partial charge in [-0.25, -0.2) is 0 Å². The van der Waals surface area contributed by atoms with Crippen LogP contribution in [-0.2, 0) is 4.79 Å². The summed E-state index contributed by atoms with van der Waals surface area (Å²) in [6.45, 7) is 2.83. The highest BCUT2D eigenvalue weighted by Crippen LogP contribution is 2.24. The zero-order valence-corrected chi connectivity index (χ0v) is 15.5. The number of rotatable bonds is 3. The lowest BCUT2D eigenvalue weighted by atomic mass is 9.95. The minimum Gasteiger partial charge on any atom is -0.360 e. The van der Waals surface area contributed by atoms with Gasteiger partial charge in [0, 0.05) is 41.0 Å². The quantitative estimate of drug-likeness (QED) is 0.719. The van der Waals surface area contributed by atoms with E-state index < -0.39 is 0 Å². The van der Waals surface area contributed by atoms with Crippen molar-refractivity contribution in [2.75, 3.05) is 18.4 Å². The van der Waals surface area contributed by atoms with Crippen molar-refractivity contribution in [2.45, 2.75) is 19.8 Å². The van der Waals surface area contributed by atoms with Crippen molar-refractivity contribution in [3.05, 3.63) is 46.8 Å². The number of amides is 2. The highest BCUT2D eigenvalue weighted by Gasteiger charge is 2.28. The molecule has 2 aromatic heterocycles. The number of hydrogen-bond acceptors (Lipinski definition) is 4. The van der Waals surface area contributed by atoms with E-state index >= 15 is 0 Å². The van der Waals surface area contributed by atoms with Crippen LogP contribution in [0.2, 0.25) is 5.02 Å². The molecule has 1 saturated heterocycles. The van der Waals surface area contributed by atoms with Crippen molar-refractivity contribution in [1.82, 2.24) is 15.0 Å². The molecule has 0 aliphatic carbocycles.